The molecule has 0 unspecified atom stereocenters. The predicted octanol–water partition coefficient (Wildman–Crippen LogP) is 4.83. The van der Waals surface area contributed by atoms with Crippen LogP contribution < -0.4 is 15.0 Å². The summed E-state index contributed by atoms with van der Waals surface area (Å²) in [6.45, 7) is 7.47. The summed E-state index contributed by atoms with van der Waals surface area (Å²) >= 11 is 0. The molecule has 41 heavy (non-hydrogen) atoms. The topological polar surface area (TPSA) is 118 Å². The molecule has 0 bridgehead atoms. The molecule has 5 aromatic rings. The minimum Gasteiger partial charge on any atom is -0.497 e. The Morgan fingerprint density at radius 1 is 1.05 bits per heavy atom. The first-order valence-electron chi connectivity index (χ1n) is 13.3. The standard InChI is InChI=1S/C31H33N7O3/c1-20-13-15-21(16-14-20)29-34-36-37(35-29)19-27(39)38(22-9-8-10-23(17-22)41-5)28(30(40)33-31(2,3)4)25-18-32-26-12-7-6-11-24(25)26/h6-18,28,32H,19H2,1-5H3,(H,33,40)/t28-/m1/s1. The first kappa shape index (κ1) is 27.6. The van der Waals surface area contributed by atoms with E-state index in [-0.39, 0.29) is 12.5 Å². The summed E-state index contributed by atoms with van der Waals surface area (Å²) in [4.78, 5) is 34.2. The number of H-pyrrole nitrogens is 1. The van der Waals surface area contributed by atoms with Crippen molar-refractivity contribution in [3.63, 3.8) is 0 Å². The Labute approximate surface area is 238 Å². The molecule has 0 spiro atoms. The first-order chi connectivity index (χ1) is 19.6. The zero-order valence-electron chi connectivity index (χ0n) is 23.8. The Morgan fingerprint density at radius 3 is 2.54 bits per heavy atom. The number of aromatic amines is 1. The van der Waals surface area contributed by atoms with Crippen LogP contribution in [-0.2, 0) is 16.1 Å². The monoisotopic (exact) mass is 551 g/mol. The maximum absolute atomic E-state index is 14.2. The molecule has 2 amide bonds. The second kappa shape index (κ2) is 11.2. The molecule has 10 heteroatoms. The molecule has 0 saturated carbocycles. The number of carbonyl (C=O) groups is 2. The van der Waals surface area contributed by atoms with E-state index < -0.39 is 17.5 Å². The van der Waals surface area contributed by atoms with E-state index in [0.717, 1.165) is 22.0 Å². The van der Waals surface area contributed by atoms with Crippen molar-refractivity contribution < 1.29 is 14.3 Å². The summed E-state index contributed by atoms with van der Waals surface area (Å²) in [6.07, 6.45) is 1.78. The molecule has 3 aromatic carbocycles. The van der Waals surface area contributed by atoms with E-state index in [2.05, 4.69) is 25.7 Å². The van der Waals surface area contributed by atoms with Crippen LogP contribution in [0.5, 0.6) is 5.75 Å². The van der Waals surface area contributed by atoms with Gasteiger partial charge < -0.3 is 15.0 Å². The molecule has 5 rings (SSSR count). The number of nitrogens with one attached hydrogen (secondary N) is 2. The Hall–Kier alpha value is -4.99. The molecule has 0 fully saturated rings. The second-order valence-corrected chi connectivity index (χ2v) is 10.9. The number of tetrazole rings is 1. The zero-order valence-corrected chi connectivity index (χ0v) is 23.8. The number of anilines is 1. The van der Waals surface area contributed by atoms with Crippen LogP contribution in [0.15, 0.2) is 79.0 Å². The number of rotatable bonds is 8. The Balaban J connectivity index is 1.59. The number of ether oxygens (including phenoxy) is 1. The molecule has 0 saturated heterocycles. The van der Waals surface area contributed by atoms with Gasteiger partial charge in [-0.05, 0) is 51.1 Å². The van der Waals surface area contributed by atoms with Crippen molar-refractivity contribution in [2.75, 3.05) is 12.0 Å². The number of aromatic nitrogens is 5. The number of hydrogen-bond donors (Lipinski definition) is 2. The number of methoxy groups -OCH3 is 1. The maximum Gasteiger partial charge on any atom is 0.251 e. The van der Waals surface area contributed by atoms with Gasteiger partial charge in [0, 0.05) is 45.5 Å². The number of carbonyl (C=O) groups excluding carboxylic acids is 2. The third kappa shape index (κ3) is 6.11. The highest BCUT2D eigenvalue weighted by Crippen LogP contribution is 2.34. The number of para-hydroxylation sites is 1. The van der Waals surface area contributed by atoms with E-state index in [1.54, 1.807) is 37.6 Å². The molecular formula is C31H33N7O3. The van der Waals surface area contributed by atoms with Gasteiger partial charge in [-0.1, -0.05) is 54.1 Å². The first-order valence-corrected chi connectivity index (χ1v) is 13.3. The fourth-order valence-corrected chi connectivity index (χ4v) is 4.68. The van der Waals surface area contributed by atoms with E-state index in [4.69, 9.17) is 4.74 Å². The Morgan fingerprint density at radius 2 is 1.80 bits per heavy atom. The van der Waals surface area contributed by atoms with Gasteiger partial charge >= 0.3 is 0 Å². The van der Waals surface area contributed by atoms with Gasteiger partial charge in [-0.15, -0.1) is 10.2 Å². The van der Waals surface area contributed by atoms with Crippen molar-refractivity contribution in [1.82, 2.24) is 30.5 Å². The molecule has 1 atom stereocenters. The molecule has 10 nitrogen and oxygen atoms in total. The van der Waals surface area contributed by atoms with Crippen LogP contribution in [0.1, 0.15) is 37.9 Å². The van der Waals surface area contributed by atoms with Crippen LogP contribution >= 0.6 is 0 Å². The molecule has 0 aliphatic carbocycles. The normalized spacial score (nSPS) is 12.2. The van der Waals surface area contributed by atoms with Crippen LogP contribution in [0.25, 0.3) is 22.3 Å². The van der Waals surface area contributed by atoms with Gasteiger partial charge in [0.05, 0.1) is 7.11 Å². The highest BCUT2D eigenvalue weighted by molar-refractivity contribution is 6.03. The van der Waals surface area contributed by atoms with Crippen molar-refractivity contribution in [3.8, 4) is 17.1 Å². The highest BCUT2D eigenvalue weighted by Gasteiger charge is 2.36. The smallest absolute Gasteiger partial charge is 0.251 e. The summed E-state index contributed by atoms with van der Waals surface area (Å²) < 4.78 is 5.46. The van der Waals surface area contributed by atoms with Gasteiger partial charge in [-0.25, -0.2) is 0 Å². The van der Waals surface area contributed by atoms with Crippen LogP contribution in [0.3, 0.4) is 0 Å². The minimum absolute atomic E-state index is 0.238. The zero-order chi connectivity index (χ0) is 29.1. The lowest BCUT2D eigenvalue weighted by Crippen LogP contribution is -2.50. The number of aryl methyl sites for hydroxylation is 1. The third-order valence-electron chi connectivity index (χ3n) is 6.56. The number of amides is 2. The van der Waals surface area contributed by atoms with Crippen molar-refractivity contribution in [2.24, 2.45) is 0 Å². The summed E-state index contributed by atoms with van der Waals surface area (Å²) in [7, 11) is 1.56. The fraction of sp³-hybridized carbons (Fsp3) is 0.258. The number of benzene rings is 3. The Kier molecular flexibility index (Phi) is 7.56. The van der Waals surface area contributed by atoms with Crippen LogP contribution in [0.2, 0.25) is 0 Å². The number of fused-ring (bicyclic) bond motifs is 1. The van der Waals surface area contributed by atoms with Gasteiger partial charge in [0.2, 0.25) is 11.7 Å². The maximum atomic E-state index is 14.2. The van der Waals surface area contributed by atoms with Crippen molar-refractivity contribution >= 4 is 28.4 Å². The lowest BCUT2D eigenvalue weighted by atomic mass is 10.00. The van der Waals surface area contributed by atoms with E-state index >= 15 is 0 Å². The summed E-state index contributed by atoms with van der Waals surface area (Å²) in [5, 5.41) is 16.7. The lowest BCUT2D eigenvalue weighted by Gasteiger charge is -2.33. The molecule has 0 aliphatic heterocycles. The lowest BCUT2D eigenvalue weighted by molar-refractivity contribution is -0.128. The SMILES string of the molecule is COc1cccc(N(C(=O)Cn2nnc(-c3ccc(C)cc3)n2)[C@@H](C(=O)NC(C)(C)C)c2c[nH]c3ccccc23)c1. The van der Waals surface area contributed by atoms with Crippen LogP contribution in [0, 0.1) is 6.92 Å². The van der Waals surface area contributed by atoms with Gasteiger partial charge in [-0.2, -0.15) is 4.80 Å². The van der Waals surface area contributed by atoms with E-state index in [1.165, 1.54) is 9.70 Å². The second-order valence-electron chi connectivity index (χ2n) is 10.9. The van der Waals surface area contributed by atoms with Gasteiger partial charge in [0.1, 0.15) is 18.3 Å². The molecule has 2 N–H and O–H groups in total. The summed E-state index contributed by atoms with van der Waals surface area (Å²) in [5.41, 5.74) is 3.37. The highest BCUT2D eigenvalue weighted by atomic mass is 16.5. The molecule has 2 heterocycles. The molecule has 0 radical (unpaired) electrons. The average Bonchev–Trinajstić information content (AvgIpc) is 3.58. The molecule has 0 aliphatic rings. The molecular weight excluding hydrogens is 518 g/mol. The summed E-state index contributed by atoms with van der Waals surface area (Å²) in [5.74, 6) is 0.231. The quantitative estimate of drug-likeness (QED) is 0.285. The number of hydrogen-bond acceptors (Lipinski definition) is 6. The minimum atomic E-state index is -1.01. The third-order valence-corrected chi connectivity index (χ3v) is 6.56. The fourth-order valence-electron chi connectivity index (χ4n) is 4.68. The molecule has 2 aromatic heterocycles. The largest absolute Gasteiger partial charge is 0.497 e. The van der Waals surface area contributed by atoms with Gasteiger partial charge in [0.25, 0.3) is 5.91 Å². The van der Waals surface area contributed by atoms with Crippen LogP contribution in [0.4, 0.5) is 5.69 Å². The van der Waals surface area contributed by atoms with E-state index in [0.29, 0.717) is 22.8 Å². The Bertz CT molecular complexity index is 1680. The van der Waals surface area contributed by atoms with Crippen LogP contribution in [-0.4, -0.2) is 49.7 Å². The van der Waals surface area contributed by atoms with Crippen molar-refractivity contribution in [2.45, 2.75) is 45.8 Å². The molecule has 210 valence electrons. The van der Waals surface area contributed by atoms with E-state index in [1.807, 2.05) is 76.2 Å². The predicted molar refractivity (Wildman–Crippen MR) is 157 cm³/mol. The van der Waals surface area contributed by atoms with E-state index in [9.17, 15) is 9.59 Å². The van der Waals surface area contributed by atoms with Gasteiger partial charge in [0.15, 0.2) is 0 Å². The summed E-state index contributed by atoms with van der Waals surface area (Å²) in [6, 6.07) is 21.5. The van der Waals surface area contributed by atoms with Crippen molar-refractivity contribution in [1.29, 1.82) is 0 Å². The average molecular weight is 552 g/mol. The number of nitrogens with zero attached hydrogens (tertiary/aromatic N) is 5. The van der Waals surface area contributed by atoms with Gasteiger partial charge in [-0.3, -0.25) is 14.5 Å². The van der Waals surface area contributed by atoms with Crippen molar-refractivity contribution in [3.05, 3.63) is 90.1 Å².